The van der Waals surface area contributed by atoms with Crippen LogP contribution in [0.1, 0.15) is 32.2 Å². The first-order valence-electron chi connectivity index (χ1n) is 11.5. The van der Waals surface area contributed by atoms with Crippen molar-refractivity contribution in [1.82, 2.24) is 29.1 Å². The van der Waals surface area contributed by atoms with Crippen molar-refractivity contribution in [3.05, 3.63) is 66.5 Å². The highest BCUT2D eigenvalue weighted by atomic mass is 16.6. The average Bonchev–Trinajstić information content (AvgIpc) is 3.39. The maximum atomic E-state index is 12.2. The normalized spacial score (nSPS) is 11.7. The molecule has 0 aliphatic rings. The number of nitrogens with zero attached hydrogens (tertiary/aromatic N) is 6. The summed E-state index contributed by atoms with van der Waals surface area (Å²) in [5, 5.41) is 2.80. The van der Waals surface area contributed by atoms with Gasteiger partial charge >= 0.3 is 6.09 Å². The van der Waals surface area contributed by atoms with Crippen LogP contribution < -0.4 is 10.1 Å². The SMILES string of the molecule is COc1ncnc2ccn(-c3cnc4nc(C)n(Cc5cccc(NC(=O)OC(C)(C)C)c5)c4c3)c12. The molecular formula is C26H27N7O3. The quantitative estimate of drug-likeness (QED) is 0.378. The standard InChI is InChI=1S/C26H27N7O3/c1-16-30-23-21(12-19(13-27-23)32-10-9-20-22(32)24(35-5)29-15-28-20)33(16)14-17-7-6-8-18(11-17)31-25(34)36-26(2,3)4/h6-13,15H,14H2,1-5H3,(H,31,34). The molecule has 10 nitrogen and oxygen atoms in total. The van der Waals surface area contributed by atoms with Gasteiger partial charge in [-0.3, -0.25) is 5.32 Å². The van der Waals surface area contributed by atoms with Gasteiger partial charge in [0, 0.05) is 18.4 Å². The van der Waals surface area contributed by atoms with E-state index >= 15 is 0 Å². The summed E-state index contributed by atoms with van der Waals surface area (Å²) < 4.78 is 14.9. The van der Waals surface area contributed by atoms with Crippen LogP contribution in [0.3, 0.4) is 0 Å². The second-order valence-corrected chi connectivity index (χ2v) is 9.41. The number of carbonyl (C=O) groups excluding carboxylic acids is 1. The third-order valence-corrected chi connectivity index (χ3v) is 5.61. The Bertz CT molecular complexity index is 1580. The van der Waals surface area contributed by atoms with Crippen molar-refractivity contribution in [2.75, 3.05) is 12.4 Å². The van der Waals surface area contributed by atoms with E-state index in [2.05, 4.69) is 29.8 Å². The largest absolute Gasteiger partial charge is 0.479 e. The fraction of sp³-hybridized carbons (Fsp3) is 0.269. The zero-order valence-electron chi connectivity index (χ0n) is 20.8. The predicted molar refractivity (Wildman–Crippen MR) is 137 cm³/mol. The summed E-state index contributed by atoms with van der Waals surface area (Å²) in [6.45, 7) is 8.00. The van der Waals surface area contributed by atoms with Crippen molar-refractivity contribution >= 4 is 34.0 Å². The van der Waals surface area contributed by atoms with E-state index in [1.807, 2.05) is 74.9 Å². The number of aromatic nitrogens is 6. The fourth-order valence-corrected chi connectivity index (χ4v) is 4.10. The van der Waals surface area contributed by atoms with Crippen molar-refractivity contribution in [1.29, 1.82) is 0 Å². The Hall–Kier alpha value is -4.47. The second kappa shape index (κ2) is 8.95. The number of hydrogen-bond donors (Lipinski definition) is 1. The van der Waals surface area contributed by atoms with Crippen LogP contribution in [0.15, 0.2) is 55.1 Å². The Morgan fingerprint density at radius 2 is 1.94 bits per heavy atom. The van der Waals surface area contributed by atoms with Gasteiger partial charge in [-0.1, -0.05) is 12.1 Å². The molecule has 4 aromatic heterocycles. The molecule has 1 N–H and O–H groups in total. The highest BCUT2D eigenvalue weighted by Gasteiger charge is 2.17. The first-order chi connectivity index (χ1) is 17.2. The van der Waals surface area contributed by atoms with Gasteiger partial charge in [-0.15, -0.1) is 0 Å². The molecule has 10 heteroatoms. The lowest BCUT2D eigenvalue weighted by atomic mass is 10.2. The van der Waals surface area contributed by atoms with Crippen LogP contribution in [0.2, 0.25) is 0 Å². The third-order valence-electron chi connectivity index (χ3n) is 5.61. The van der Waals surface area contributed by atoms with Gasteiger partial charge in [0.2, 0.25) is 5.88 Å². The highest BCUT2D eigenvalue weighted by Crippen LogP contribution is 2.27. The van der Waals surface area contributed by atoms with E-state index in [0.29, 0.717) is 23.8 Å². The number of methoxy groups -OCH3 is 1. The molecule has 0 saturated heterocycles. The molecule has 1 amide bonds. The van der Waals surface area contributed by atoms with Gasteiger partial charge in [-0.05, 0) is 57.5 Å². The Morgan fingerprint density at radius 3 is 2.72 bits per heavy atom. The molecular weight excluding hydrogens is 458 g/mol. The summed E-state index contributed by atoms with van der Waals surface area (Å²) in [6.07, 6.45) is 4.69. The van der Waals surface area contributed by atoms with E-state index in [9.17, 15) is 4.79 Å². The molecule has 184 valence electrons. The van der Waals surface area contributed by atoms with Crippen molar-refractivity contribution in [3.8, 4) is 11.6 Å². The van der Waals surface area contributed by atoms with Gasteiger partial charge in [0.05, 0.1) is 30.0 Å². The number of pyridine rings is 1. The molecule has 0 aliphatic heterocycles. The number of imidazole rings is 1. The lowest BCUT2D eigenvalue weighted by molar-refractivity contribution is 0.0636. The van der Waals surface area contributed by atoms with Crippen LogP contribution >= 0.6 is 0 Å². The highest BCUT2D eigenvalue weighted by molar-refractivity contribution is 5.85. The summed E-state index contributed by atoms with van der Waals surface area (Å²) in [6, 6.07) is 11.6. The molecule has 0 atom stereocenters. The smallest absolute Gasteiger partial charge is 0.412 e. The van der Waals surface area contributed by atoms with Crippen LogP contribution in [0, 0.1) is 6.92 Å². The molecule has 1 aromatic carbocycles. The molecule has 4 heterocycles. The second-order valence-electron chi connectivity index (χ2n) is 9.41. The maximum absolute atomic E-state index is 12.2. The molecule has 0 aliphatic carbocycles. The van der Waals surface area contributed by atoms with Crippen LogP contribution in [0.4, 0.5) is 10.5 Å². The van der Waals surface area contributed by atoms with Gasteiger partial charge in [-0.25, -0.2) is 19.7 Å². The molecule has 5 rings (SSSR count). The van der Waals surface area contributed by atoms with Crippen LogP contribution in [-0.2, 0) is 11.3 Å². The van der Waals surface area contributed by atoms with Crippen LogP contribution in [0.25, 0.3) is 27.9 Å². The minimum absolute atomic E-state index is 0.490. The minimum Gasteiger partial charge on any atom is -0.479 e. The predicted octanol–water partition coefficient (Wildman–Crippen LogP) is 4.88. The Labute approximate surface area is 207 Å². The number of anilines is 1. The van der Waals surface area contributed by atoms with Gasteiger partial charge in [-0.2, -0.15) is 4.98 Å². The molecule has 0 radical (unpaired) electrons. The number of nitrogens with one attached hydrogen (secondary N) is 1. The molecule has 5 aromatic rings. The lowest BCUT2D eigenvalue weighted by Gasteiger charge is -2.19. The van der Waals surface area contributed by atoms with Crippen molar-refractivity contribution in [2.45, 2.75) is 39.8 Å². The summed E-state index contributed by atoms with van der Waals surface area (Å²) in [5.41, 5.74) is 5.01. The number of hydrogen-bond acceptors (Lipinski definition) is 7. The van der Waals surface area contributed by atoms with Gasteiger partial charge in [0.15, 0.2) is 5.65 Å². The van der Waals surface area contributed by atoms with E-state index in [1.54, 1.807) is 13.3 Å². The molecule has 0 unspecified atom stereocenters. The molecule has 0 saturated carbocycles. The maximum Gasteiger partial charge on any atom is 0.412 e. The first-order valence-corrected chi connectivity index (χ1v) is 11.5. The zero-order valence-corrected chi connectivity index (χ0v) is 20.8. The third kappa shape index (κ3) is 4.57. The Kier molecular flexibility index (Phi) is 5.79. The lowest BCUT2D eigenvalue weighted by Crippen LogP contribution is -2.27. The minimum atomic E-state index is -0.569. The number of amides is 1. The number of fused-ring (bicyclic) bond motifs is 2. The zero-order chi connectivity index (χ0) is 25.4. The van der Waals surface area contributed by atoms with E-state index < -0.39 is 11.7 Å². The van der Waals surface area contributed by atoms with E-state index in [-0.39, 0.29) is 0 Å². The van der Waals surface area contributed by atoms with Gasteiger partial charge in [0.25, 0.3) is 0 Å². The number of carbonyl (C=O) groups is 1. The summed E-state index contributed by atoms with van der Waals surface area (Å²) in [4.78, 5) is 30.0. The Balaban J connectivity index is 1.48. The number of aryl methyl sites for hydroxylation is 1. The van der Waals surface area contributed by atoms with Crippen LogP contribution in [0.5, 0.6) is 5.88 Å². The monoisotopic (exact) mass is 485 g/mol. The van der Waals surface area contributed by atoms with Crippen molar-refractivity contribution in [2.24, 2.45) is 0 Å². The fourth-order valence-electron chi connectivity index (χ4n) is 4.10. The Morgan fingerprint density at radius 1 is 1.11 bits per heavy atom. The topological polar surface area (TPSA) is 109 Å². The molecule has 0 bridgehead atoms. The molecule has 0 fully saturated rings. The number of rotatable bonds is 5. The van der Waals surface area contributed by atoms with Crippen molar-refractivity contribution < 1.29 is 14.3 Å². The number of benzene rings is 1. The van der Waals surface area contributed by atoms with E-state index in [1.165, 1.54) is 6.33 Å². The van der Waals surface area contributed by atoms with E-state index in [0.717, 1.165) is 33.6 Å². The summed E-state index contributed by atoms with van der Waals surface area (Å²) >= 11 is 0. The van der Waals surface area contributed by atoms with Crippen LogP contribution in [-0.4, -0.2) is 47.9 Å². The van der Waals surface area contributed by atoms with Gasteiger partial charge < -0.3 is 18.6 Å². The van der Waals surface area contributed by atoms with Crippen molar-refractivity contribution in [3.63, 3.8) is 0 Å². The summed E-state index contributed by atoms with van der Waals surface area (Å²) in [5.74, 6) is 1.32. The average molecular weight is 486 g/mol. The first kappa shape index (κ1) is 23.3. The molecule has 36 heavy (non-hydrogen) atoms. The van der Waals surface area contributed by atoms with Gasteiger partial charge in [0.1, 0.15) is 23.3 Å². The summed E-state index contributed by atoms with van der Waals surface area (Å²) in [7, 11) is 1.59. The van der Waals surface area contributed by atoms with E-state index in [4.69, 9.17) is 9.47 Å². The molecule has 0 spiro atoms. The number of ether oxygens (including phenoxy) is 2.